The fourth-order valence-corrected chi connectivity index (χ4v) is 2.90. The highest BCUT2D eigenvalue weighted by atomic mass is 15.2. The summed E-state index contributed by atoms with van der Waals surface area (Å²) in [7, 11) is 1.94. The third-order valence-electron chi connectivity index (χ3n) is 3.92. The fourth-order valence-electron chi connectivity index (χ4n) is 2.90. The molecule has 1 aliphatic heterocycles. The maximum Gasteiger partial charge on any atom is 0.0669 e. The van der Waals surface area contributed by atoms with Crippen LogP contribution in [0.25, 0.3) is 0 Å². The zero-order valence-electron chi connectivity index (χ0n) is 12.0. The number of nitrogens with zero attached hydrogens (tertiary/aromatic N) is 5. The zero-order chi connectivity index (χ0) is 14.4. The molecule has 0 aliphatic carbocycles. The van der Waals surface area contributed by atoms with Gasteiger partial charge in [-0.2, -0.15) is 15.6 Å². The number of aryl methyl sites for hydroxylation is 1. The summed E-state index contributed by atoms with van der Waals surface area (Å²) in [5.41, 5.74) is 1.29. The Morgan fingerprint density at radius 2 is 2.35 bits per heavy atom. The first-order valence-electron chi connectivity index (χ1n) is 7.17. The van der Waals surface area contributed by atoms with Gasteiger partial charge in [-0.1, -0.05) is 0 Å². The first-order chi connectivity index (χ1) is 9.71. The minimum atomic E-state index is -0.00760. The molecular formula is C15H21N5. The fraction of sp³-hybridized carbons (Fsp3) is 0.667. The minimum absolute atomic E-state index is 0.00760. The minimum Gasteiger partial charge on any atom is -0.302 e. The van der Waals surface area contributed by atoms with Gasteiger partial charge in [0.05, 0.1) is 24.3 Å². The highest BCUT2D eigenvalue weighted by Gasteiger charge is 2.25. The summed E-state index contributed by atoms with van der Waals surface area (Å²) in [5.74, 6) is 0.654. The van der Waals surface area contributed by atoms with E-state index in [-0.39, 0.29) is 5.92 Å². The Kier molecular flexibility index (Phi) is 5.15. The molecule has 20 heavy (non-hydrogen) atoms. The molecule has 1 fully saturated rings. The summed E-state index contributed by atoms with van der Waals surface area (Å²) in [4.78, 5) is 2.37. The lowest BCUT2D eigenvalue weighted by Crippen LogP contribution is -2.27. The number of hydrogen-bond donors (Lipinski definition) is 0. The normalized spacial score (nSPS) is 20.4. The number of nitriles is 2. The summed E-state index contributed by atoms with van der Waals surface area (Å²) >= 11 is 0. The maximum atomic E-state index is 9.12. The van der Waals surface area contributed by atoms with Gasteiger partial charge in [-0.25, -0.2) is 0 Å². The van der Waals surface area contributed by atoms with E-state index in [9.17, 15) is 0 Å². The van der Waals surface area contributed by atoms with Crippen LogP contribution in [0.2, 0.25) is 0 Å². The molecule has 106 valence electrons. The van der Waals surface area contributed by atoms with Crippen molar-refractivity contribution < 1.29 is 0 Å². The summed E-state index contributed by atoms with van der Waals surface area (Å²) in [6.45, 7) is 2.93. The quantitative estimate of drug-likeness (QED) is 0.790. The van der Waals surface area contributed by atoms with Crippen LogP contribution in [0.15, 0.2) is 12.4 Å². The summed E-state index contributed by atoms with van der Waals surface area (Å²) < 4.78 is 1.84. The molecule has 1 aromatic rings. The Morgan fingerprint density at radius 1 is 1.50 bits per heavy atom. The number of hydrogen-bond acceptors (Lipinski definition) is 4. The van der Waals surface area contributed by atoms with Gasteiger partial charge in [-0.05, 0) is 37.3 Å². The number of aromatic nitrogens is 2. The van der Waals surface area contributed by atoms with Gasteiger partial charge in [0.1, 0.15) is 0 Å². The molecule has 1 aliphatic rings. The van der Waals surface area contributed by atoms with Crippen LogP contribution in [0.3, 0.4) is 0 Å². The molecule has 1 aromatic heterocycles. The Bertz CT molecular complexity index is 507. The van der Waals surface area contributed by atoms with E-state index >= 15 is 0 Å². The number of likely N-dealkylation sites (tertiary alicyclic amines) is 1. The monoisotopic (exact) mass is 271 g/mol. The van der Waals surface area contributed by atoms with Crippen molar-refractivity contribution in [2.24, 2.45) is 18.9 Å². The van der Waals surface area contributed by atoms with Gasteiger partial charge < -0.3 is 4.90 Å². The first-order valence-corrected chi connectivity index (χ1v) is 7.17. The van der Waals surface area contributed by atoms with Gasteiger partial charge in [0, 0.05) is 32.8 Å². The van der Waals surface area contributed by atoms with Gasteiger partial charge in [0.25, 0.3) is 0 Å². The van der Waals surface area contributed by atoms with E-state index in [1.807, 2.05) is 17.9 Å². The molecule has 1 saturated heterocycles. The van der Waals surface area contributed by atoms with Gasteiger partial charge in [-0.3, -0.25) is 4.68 Å². The molecule has 0 unspecified atom stereocenters. The number of rotatable bonds is 6. The van der Waals surface area contributed by atoms with Gasteiger partial charge in [0.15, 0.2) is 0 Å². The van der Waals surface area contributed by atoms with Crippen molar-refractivity contribution in [1.82, 2.24) is 14.7 Å². The Balaban J connectivity index is 1.77. The smallest absolute Gasteiger partial charge is 0.0669 e. The van der Waals surface area contributed by atoms with E-state index in [4.69, 9.17) is 10.5 Å². The van der Waals surface area contributed by atoms with Gasteiger partial charge >= 0.3 is 0 Å². The average Bonchev–Trinajstić information content (AvgIpc) is 3.04. The third kappa shape index (κ3) is 4.08. The van der Waals surface area contributed by atoms with Crippen LogP contribution in [-0.2, 0) is 13.5 Å². The zero-order valence-corrected chi connectivity index (χ0v) is 12.0. The highest BCUT2D eigenvalue weighted by Crippen LogP contribution is 2.22. The molecular weight excluding hydrogens is 250 g/mol. The largest absolute Gasteiger partial charge is 0.302 e. The molecule has 0 aromatic carbocycles. The third-order valence-corrected chi connectivity index (χ3v) is 3.92. The van der Waals surface area contributed by atoms with Crippen molar-refractivity contribution in [1.29, 1.82) is 10.5 Å². The van der Waals surface area contributed by atoms with Crippen LogP contribution in [0.4, 0.5) is 0 Å². The SMILES string of the molecule is Cn1cc(C[C@H]2CCN(C[C@H](C#N)CCC#N)C2)cn1. The van der Waals surface area contributed by atoms with Crippen LogP contribution < -0.4 is 0 Å². The predicted octanol–water partition coefficient (Wildman–Crippen LogP) is 1.73. The van der Waals surface area contributed by atoms with E-state index in [0.717, 1.165) is 26.1 Å². The Labute approximate surface area is 120 Å². The van der Waals surface area contributed by atoms with Crippen molar-refractivity contribution in [3.63, 3.8) is 0 Å². The molecule has 2 atom stereocenters. The molecule has 5 heteroatoms. The van der Waals surface area contributed by atoms with E-state index in [0.29, 0.717) is 18.8 Å². The molecule has 0 N–H and O–H groups in total. The lowest BCUT2D eigenvalue weighted by molar-refractivity contribution is 0.288. The van der Waals surface area contributed by atoms with Crippen molar-refractivity contribution in [2.45, 2.75) is 25.7 Å². The summed E-state index contributed by atoms with van der Waals surface area (Å²) in [6, 6.07) is 4.45. The molecule has 2 rings (SSSR count). The lowest BCUT2D eigenvalue weighted by atomic mass is 10.0. The second-order valence-electron chi connectivity index (χ2n) is 5.66. The average molecular weight is 271 g/mol. The second kappa shape index (κ2) is 7.07. The van der Waals surface area contributed by atoms with Crippen LogP contribution >= 0.6 is 0 Å². The molecule has 5 nitrogen and oxygen atoms in total. The lowest BCUT2D eigenvalue weighted by Gasteiger charge is -2.18. The van der Waals surface area contributed by atoms with Gasteiger partial charge in [-0.15, -0.1) is 0 Å². The molecule has 0 spiro atoms. The van der Waals surface area contributed by atoms with Crippen LogP contribution in [0.1, 0.15) is 24.8 Å². The van der Waals surface area contributed by atoms with Crippen LogP contribution in [0.5, 0.6) is 0 Å². The summed E-state index contributed by atoms with van der Waals surface area (Å²) in [6.07, 6.45) is 7.44. The topological polar surface area (TPSA) is 68.6 Å². The van der Waals surface area contributed by atoms with E-state index in [1.54, 1.807) is 0 Å². The van der Waals surface area contributed by atoms with Crippen LogP contribution in [0, 0.1) is 34.5 Å². The highest BCUT2D eigenvalue weighted by molar-refractivity contribution is 5.05. The molecule has 0 amide bonds. The second-order valence-corrected chi connectivity index (χ2v) is 5.66. The maximum absolute atomic E-state index is 9.12. The van der Waals surface area contributed by atoms with Crippen molar-refractivity contribution in [3.8, 4) is 12.1 Å². The molecule has 0 bridgehead atoms. The Hall–Kier alpha value is -1.85. The van der Waals surface area contributed by atoms with E-state index in [2.05, 4.69) is 28.3 Å². The van der Waals surface area contributed by atoms with Crippen LogP contribution in [-0.4, -0.2) is 34.3 Å². The predicted molar refractivity (Wildman–Crippen MR) is 75.4 cm³/mol. The summed E-state index contributed by atoms with van der Waals surface area (Å²) in [5, 5.41) is 21.9. The molecule has 2 heterocycles. The van der Waals surface area contributed by atoms with Gasteiger partial charge in [0.2, 0.25) is 0 Å². The van der Waals surface area contributed by atoms with E-state index in [1.165, 1.54) is 12.0 Å². The van der Waals surface area contributed by atoms with Crippen molar-refractivity contribution >= 4 is 0 Å². The first kappa shape index (κ1) is 14.6. The van der Waals surface area contributed by atoms with Crippen molar-refractivity contribution in [3.05, 3.63) is 18.0 Å². The Morgan fingerprint density at radius 3 is 3.00 bits per heavy atom. The molecule has 0 radical (unpaired) electrons. The van der Waals surface area contributed by atoms with E-state index < -0.39 is 0 Å². The molecule has 0 saturated carbocycles. The van der Waals surface area contributed by atoms with Crippen molar-refractivity contribution in [2.75, 3.05) is 19.6 Å². The standard InChI is InChI=1S/C15H21N5/c1-19-10-15(9-18-19)7-13-4-6-20(11-13)12-14(8-17)3-2-5-16/h9-10,13-14H,2-4,6-7,11-12H2,1H3/t13-,14+/m1/s1.